The number of nitrogens with one attached hydrogen (secondary N) is 3. The number of aldehydes is 1. The fourth-order valence-corrected chi connectivity index (χ4v) is 2.48. The van der Waals surface area contributed by atoms with E-state index >= 15 is 0 Å². The van der Waals surface area contributed by atoms with E-state index in [4.69, 9.17) is 5.73 Å². The molecule has 7 heteroatoms. The van der Waals surface area contributed by atoms with Crippen LogP contribution in [0.4, 0.5) is 0 Å². The summed E-state index contributed by atoms with van der Waals surface area (Å²) < 4.78 is 0. The summed E-state index contributed by atoms with van der Waals surface area (Å²) in [5.74, 6) is -0.600. The van der Waals surface area contributed by atoms with Crippen molar-refractivity contribution < 1.29 is 14.4 Å². The summed E-state index contributed by atoms with van der Waals surface area (Å²) in [6.45, 7) is 0.464. The SMILES string of the molecule is CN[C@@H](Cc1ccccc1)C(=O)N[C@@H](CCCCN)C(=O)NCC=O. The Labute approximate surface area is 148 Å². The topological polar surface area (TPSA) is 113 Å². The fourth-order valence-electron chi connectivity index (χ4n) is 2.48. The van der Waals surface area contributed by atoms with Crippen LogP contribution in [0.3, 0.4) is 0 Å². The molecule has 2 amide bonds. The predicted molar refractivity (Wildman–Crippen MR) is 96.9 cm³/mol. The van der Waals surface area contributed by atoms with Gasteiger partial charge in [0.05, 0.1) is 12.6 Å². The summed E-state index contributed by atoms with van der Waals surface area (Å²) in [5.41, 5.74) is 6.51. The lowest BCUT2D eigenvalue weighted by molar-refractivity contribution is -0.130. The van der Waals surface area contributed by atoms with E-state index in [-0.39, 0.29) is 18.4 Å². The summed E-state index contributed by atoms with van der Waals surface area (Å²) in [7, 11) is 1.71. The van der Waals surface area contributed by atoms with Gasteiger partial charge in [-0.05, 0) is 44.8 Å². The standard InChI is InChI=1S/C18H28N4O3/c1-20-16(13-14-7-3-2-4-8-14)18(25)22-15(9-5-6-10-19)17(24)21-11-12-23/h2-4,7-8,12,15-16,20H,5-6,9-11,13,19H2,1H3,(H,21,24)(H,22,25)/t15-,16-/m0/s1. The largest absolute Gasteiger partial charge is 0.348 e. The van der Waals surface area contributed by atoms with Gasteiger partial charge in [0, 0.05) is 0 Å². The number of nitrogens with two attached hydrogens (primary N) is 1. The molecular formula is C18H28N4O3. The van der Waals surface area contributed by atoms with Crippen LogP contribution in [-0.2, 0) is 20.8 Å². The Kier molecular flexibility index (Phi) is 10.1. The first kappa shape index (κ1) is 20.8. The number of carbonyl (C=O) groups excluding carboxylic acids is 3. The molecular weight excluding hydrogens is 320 g/mol. The zero-order chi connectivity index (χ0) is 18.5. The molecule has 1 aromatic carbocycles. The van der Waals surface area contributed by atoms with Crippen LogP contribution in [0.2, 0.25) is 0 Å². The van der Waals surface area contributed by atoms with Crippen molar-refractivity contribution in [1.29, 1.82) is 0 Å². The molecule has 1 aromatic rings. The molecule has 0 saturated carbocycles. The number of hydrogen-bond donors (Lipinski definition) is 4. The van der Waals surface area contributed by atoms with Crippen molar-refractivity contribution >= 4 is 18.1 Å². The Morgan fingerprint density at radius 1 is 1.12 bits per heavy atom. The minimum absolute atomic E-state index is 0.0679. The highest BCUT2D eigenvalue weighted by molar-refractivity contribution is 5.90. The number of carbonyl (C=O) groups is 3. The summed E-state index contributed by atoms with van der Waals surface area (Å²) in [5, 5.41) is 8.27. The van der Waals surface area contributed by atoms with E-state index in [1.54, 1.807) is 7.05 Å². The second-order valence-corrected chi connectivity index (χ2v) is 5.79. The van der Waals surface area contributed by atoms with E-state index in [2.05, 4.69) is 16.0 Å². The van der Waals surface area contributed by atoms with E-state index in [0.717, 1.165) is 18.4 Å². The molecule has 5 N–H and O–H groups in total. The molecule has 0 saturated heterocycles. The Morgan fingerprint density at radius 3 is 2.44 bits per heavy atom. The second kappa shape index (κ2) is 12.2. The monoisotopic (exact) mass is 348 g/mol. The zero-order valence-corrected chi connectivity index (χ0v) is 14.7. The molecule has 0 heterocycles. The van der Waals surface area contributed by atoms with Crippen LogP contribution in [0.5, 0.6) is 0 Å². The van der Waals surface area contributed by atoms with Gasteiger partial charge in [0.15, 0.2) is 0 Å². The van der Waals surface area contributed by atoms with Crippen molar-refractivity contribution in [3.8, 4) is 0 Å². The first-order valence-electron chi connectivity index (χ1n) is 8.55. The van der Waals surface area contributed by atoms with Crippen LogP contribution in [0, 0.1) is 0 Å². The number of unbranched alkanes of at least 4 members (excludes halogenated alkanes) is 1. The van der Waals surface area contributed by atoms with Crippen LogP contribution >= 0.6 is 0 Å². The Bertz CT molecular complexity index is 536. The molecule has 0 radical (unpaired) electrons. The van der Waals surface area contributed by atoms with E-state index in [9.17, 15) is 14.4 Å². The molecule has 0 spiro atoms. The van der Waals surface area contributed by atoms with E-state index in [1.807, 2.05) is 30.3 Å². The van der Waals surface area contributed by atoms with Crippen molar-refractivity contribution in [2.45, 2.75) is 37.8 Å². The predicted octanol–water partition coefficient (Wildman–Crippen LogP) is -0.254. The third-order valence-electron chi connectivity index (χ3n) is 3.89. The minimum Gasteiger partial charge on any atom is -0.348 e. The summed E-state index contributed by atoms with van der Waals surface area (Å²) >= 11 is 0. The van der Waals surface area contributed by atoms with E-state index in [0.29, 0.717) is 25.7 Å². The minimum atomic E-state index is -0.675. The van der Waals surface area contributed by atoms with Gasteiger partial charge in [0.25, 0.3) is 0 Å². The lowest BCUT2D eigenvalue weighted by Crippen LogP contribution is -2.53. The molecule has 138 valence electrons. The van der Waals surface area contributed by atoms with Crippen molar-refractivity contribution in [2.24, 2.45) is 5.73 Å². The van der Waals surface area contributed by atoms with E-state index in [1.165, 1.54) is 0 Å². The smallest absolute Gasteiger partial charge is 0.242 e. The molecule has 0 aromatic heterocycles. The highest BCUT2D eigenvalue weighted by atomic mass is 16.2. The average Bonchev–Trinajstić information content (AvgIpc) is 2.64. The van der Waals surface area contributed by atoms with Gasteiger partial charge in [-0.2, -0.15) is 0 Å². The molecule has 0 unspecified atom stereocenters. The van der Waals surface area contributed by atoms with E-state index < -0.39 is 12.1 Å². The maximum Gasteiger partial charge on any atom is 0.242 e. The van der Waals surface area contributed by atoms with Crippen LogP contribution in [0.15, 0.2) is 30.3 Å². The Morgan fingerprint density at radius 2 is 1.84 bits per heavy atom. The van der Waals surface area contributed by atoms with Crippen molar-refractivity contribution in [2.75, 3.05) is 20.1 Å². The fraction of sp³-hybridized carbons (Fsp3) is 0.500. The number of amides is 2. The molecule has 0 bridgehead atoms. The molecule has 1 rings (SSSR count). The van der Waals surface area contributed by atoms with Gasteiger partial charge < -0.3 is 26.5 Å². The first-order valence-corrected chi connectivity index (χ1v) is 8.55. The highest BCUT2D eigenvalue weighted by Crippen LogP contribution is 2.05. The Hall–Kier alpha value is -2.25. The van der Waals surface area contributed by atoms with Crippen molar-refractivity contribution in [1.82, 2.24) is 16.0 Å². The van der Waals surface area contributed by atoms with Crippen LogP contribution < -0.4 is 21.7 Å². The second-order valence-electron chi connectivity index (χ2n) is 5.79. The third kappa shape index (κ3) is 7.91. The van der Waals surface area contributed by atoms with Crippen LogP contribution in [0.25, 0.3) is 0 Å². The summed E-state index contributed by atoms with van der Waals surface area (Å²) in [6.07, 6.45) is 3.11. The van der Waals surface area contributed by atoms with Gasteiger partial charge in [-0.15, -0.1) is 0 Å². The molecule has 0 aliphatic rings. The molecule has 0 aliphatic heterocycles. The lowest BCUT2D eigenvalue weighted by Gasteiger charge is -2.22. The number of likely N-dealkylation sites (N-methyl/N-ethyl adjacent to an activating group) is 1. The van der Waals surface area contributed by atoms with Gasteiger partial charge in [-0.1, -0.05) is 30.3 Å². The highest BCUT2D eigenvalue weighted by Gasteiger charge is 2.24. The van der Waals surface area contributed by atoms with Gasteiger partial charge in [0.1, 0.15) is 12.3 Å². The number of rotatable bonds is 12. The van der Waals surface area contributed by atoms with Crippen LogP contribution in [0.1, 0.15) is 24.8 Å². The Balaban J connectivity index is 2.68. The quantitative estimate of drug-likeness (QED) is 0.307. The van der Waals surface area contributed by atoms with Gasteiger partial charge in [0.2, 0.25) is 11.8 Å². The summed E-state index contributed by atoms with van der Waals surface area (Å²) in [4.78, 5) is 35.2. The molecule has 0 aliphatic carbocycles. The number of benzene rings is 1. The van der Waals surface area contributed by atoms with Crippen molar-refractivity contribution in [3.63, 3.8) is 0 Å². The van der Waals surface area contributed by atoms with Gasteiger partial charge in [-0.25, -0.2) is 0 Å². The maximum atomic E-state index is 12.6. The molecule has 7 nitrogen and oxygen atoms in total. The molecule has 0 fully saturated rings. The van der Waals surface area contributed by atoms with Crippen molar-refractivity contribution in [3.05, 3.63) is 35.9 Å². The van der Waals surface area contributed by atoms with Gasteiger partial charge in [-0.3, -0.25) is 9.59 Å². The van der Waals surface area contributed by atoms with Crippen LogP contribution in [-0.4, -0.2) is 50.3 Å². The maximum absolute atomic E-state index is 12.6. The normalized spacial score (nSPS) is 12.9. The molecule has 25 heavy (non-hydrogen) atoms. The number of hydrogen-bond acceptors (Lipinski definition) is 5. The molecule has 2 atom stereocenters. The first-order chi connectivity index (χ1) is 12.1. The lowest BCUT2D eigenvalue weighted by atomic mass is 10.0. The summed E-state index contributed by atoms with van der Waals surface area (Å²) in [6, 6.07) is 8.54. The third-order valence-corrected chi connectivity index (χ3v) is 3.89. The average molecular weight is 348 g/mol. The van der Waals surface area contributed by atoms with Gasteiger partial charge >= 0.3 is 0 Å². The zero-order valence-electron chi connectivity index (χ0n) is 14.7.